The molecule has 0 radical (unpaired) electrons. The fraction of sp³-hybridized carbons (Fsp3) is 0.755. The molecule has 0 amide bonds. The number of benzene rings is 2. The van der Waals surface area contributed by atoms with Crippen LogP contribution in [0.3, 0.4) is 0 Å². The number of phenols is 2. The molecule has 0 heterocycles. The molecule has 0 atom stereocenters. The van der Waals surface area contributed by atoms with Gasteiger partial charge in [-0.05, 0) is 47.9 Å². The van der Waals surface area contributed by atoms with Crippen LogP contribution in [0, 0.1) is 0 Å². The minimum absolute atomic E-state index is 0.432. The van der Waals surface area contributed by atoms with Crippen LogP contribution in [0.25, 0.3) is 0 Å². The highest BCUT2D eigenvalue weighted by Gasteiger charge is 2.12. The minimum atomic E-state index is 0.432. The Morgan fingerprint density at radius 2 is 0.510 bits per heavy atom. The van der Waals surface area contributed by atoms with Gasteiger partial charge in [0.25, 0.3) is 0 Å². The second-order valence-electron chi connectivity index (χ2n) is 16.1. The molecule has 2 nitrogen and oxygen atoms in total. The summed E-state index contributed by atoms with van der Waals surface area (Å²) in [6, 6.07) is 12.4. The summed E-state index contributed by atoms with van der Waals surface area (Å²) in [5.74, 6) is 0.863. The summed E-state index contributed by atoms with van der Waals surface area (Å²) in [5, 5.41) is 22.2. The quantitative estimate of drug-likeness (QED) is 0.0693. The molecule has 2 rings (SSSR count). The van der Waals surface area contributed by atoms with Gasteiger partial charge in [0.1, 0.15) is 11.5 Å². The molecule has 2 N–H and O–H groups in total. The minimum Gasteiger partial charge on any atom is -0.507 e. The molecule has 0 bridgehead atoms. The van der Waals surface area contributed by atoms with Crippen molar-refractivity contribution in [2.24, 2.45) is 0 Å². The molecule has 0 fully saturated rings. The number of unbranched alkanes of at least 4 members (excludes halogenated alkanes) is 30. The van der Waals surface area contributed by atoms with Crippen LogP contribution in [0.4, 0.5) is 0 Å². The molecule has 51 heavy (non-hydrogen) atoms. The first-order valence-electron chi connectivity index (χ1n) is 22.8. The first kappa shape index (κ1) is 45.2. The van der Waals surface area contributed by atoms with Crippen molar-refractivity contribution in [3.05, 3.63) is 58.7 Å². The van der Waals surface area contributed by atoms with Crippen LogP contribution in [0.1, 0.15) is 242 Å². The molecule has 2 aromatic rings. The van der Waals surface area contributed by atoms with Crippen molar-refractivity contribution >= 4 is 0 Å². The lowest BCUT2D eigenvalue weighted by Crippen LogP contribution is -1.96. The predicted molar refractivity (Wildman–Crippen MR) is 226 cm³/mol. The average molecular weight is 705 g/mol. The zero-order chi connectivity index (χ0) is 36.5. The Labute approximate surface area is 318 Å². The van der Waals surface area contributed by atoms with Crippen LogP contribution in [0.5, 0.6) is 11.5 Å². The second kappa shape index (κ2) is 32.7. The molecule has 0 spiro atoms. The van der Waals surface area contributed by atoms with E-state index in [1.807, 2.05) is 12.1 Å². The second-order valence-corrected chi connectivity index (χ2v) is 16.1. The highest BCUT2D eigenvalue weighted by molar-refractivity contribution is 5.47. The molecule has 2 heteroatoms. The highest BCUT2D eigenvalue weighted by Crippen LogP contribution is 2.31. The van der Waals surface area contributed by atoms with E-state index in [9.17, 15) is 10.2 Å². The van der Waals surface area contributed by atoms with E-state index < -0.39 is 0 Å². The highest BCUT2D eigenvalue weighted by atomic mass is 16.3. The topological polar surface area (TPSA) is 40.5 Å². The molecule has 0 aromatic heterocycles. The van der Waals surface area contributed by atoms with E-state index in [-0.39, 0.29) is 0 Å². The van der Waals surface area contributed by atoms with Crippen LogP contribution in [-0.2, 0) is 19.3 Å². The number of para-hydroxylation sites is 2. The number of aryl methyl sites for hydroxylation is 2. The van der Waals surface area contributed by atoms with Crippen molar-refractivity contribution in [3.8, 4) is 11.5 Å². The number of hydrogen-bond donors (Lipinski definition) is 2. The van der Waals surface area contributed by atoms with Crippen molar-refractivity contribution < 1.29 is 10.2 Å². The molecule has 0 unspecified atom stereocenters. The summed E-state index contributed by atoms with van der Waals surface area (Å²) in [7, 11) is 0. The number of rotatable bonds is 36. The lowest BCUT2D eigenvalue weighted by atomic mass is 9.95. The normalized spacial score (nSPS) is 11.5. The standard InChI is InChI=1S/C49H84O2/c1-3-5-7-9-11-13-15-17-19-21-23-25-27-29-31-33-37-44-39-35-41-46(48(44)50)43-47-42-36-40-45(49(47)51)38-34-32-30-28-26-24-22-20-18-16-14-12-10-8-6-4-2/h35-36,39-42,50-51H,3-34,37-38,43H2,1-2H3. The van der Waals surface area contributed by atoms with Gasteiger partial charge in [0.2, 0.25) is 0 Å². The third-order valence-corrected chi connectivity index (χ3v) is 11.4. The zero-order valence-electron chi connectivity index (χ0n) is 34.1. The molecule has 0 saturated carbocycles. The van der Waals surface area contributed by atoms with Gasteiger partial charge in [0.05, 0.1) is 0 Å². The van der Waals surface area contributed by atoms with Crippen LogP contribution >= 0.6 is 0 Å². The molecule has 0 aliphatic carbocycles. The van der Waals surface area contributed by atoms with Crippen molar-refractivity contribution in [3.63, 3.8) is 0 Å². The van der Waals surface area contributed by atoms with Gasteiger partial charge in [-0.3, -0.25) is 0 Å². The third-order valence-electron chi connectivity index (χ3n) is 11.4. The van der Waals surface area contributed by atoms with Gasteiger partial charge >= 0.3 is 0 Å². The van der Waals surface area contributed by atoms with Crippen molar-refractivity contribution in [1.82, 2.24) is 0 Å². The smallest absolute Gasteiger partial charge is 0.122 e. The summed E-state index contributed by atoms with van der Waals surface area (Å²) in [6.07, 6.45) is 46.5. The Morgan fingerprint density at radius 1 is 0.294 bits per heavy atom. The molecule has 0 saturated heterocycles. The van der Waals surface area contributed by atoms with Crippen LogP contribution in [-0.4, -0.2) is 10.2 Å². The van der Waals surface area contributed by atoms with Gasteiger partial charge in [-0.2, -0.15) is 0 Å². The Balaban J connectivity index is 1.53. The van der Waals surface area contributed by atoms with Gasteiger partial charge in [-0.15, -0.1) is 0 Å². The van der Waals surface area contributed by atoms with Gasteiger partial charge in [-0.25, -0.2) is 0 Å². The Hall–Kier alpha value is -1.96. The van der Waals surface area contributed by atoms with E-state index >= 15 is 0 Å². The summed E-state index contributed by atoms with van der Waals surface area (Å²) in [6.45, 7) is 4.59. The zero-order valence-corrected chi connectivity index (χ0v) is 34.1. The van der Waals surface area contributed by atoms with Crippen LogP contribution < -0.4 is 0 Å². The van der Waals surface area contributed by atoms with Crippen molar-refractivity contribution in [2.75, 3.05) is 0 Å². The predicted octanol–water partition coefficient (Wildman–Crippen LogP) is 16.3. The van der Waals surface area contributed by atoms with Gasteiger partial charge in [0.15, 0.2) is 0 Å². The molecule has 0 aliphatic heterocycles. The average Bonchev–Trinajstić information content (AvgIpc) is 3.14. The van der Waals surface area contributed by atoms with E-state index in [2.05, 4.69) is 38.1 Å². The number of phenolic OH excluding ortho intramolecular Hbond substituents is 2. The van der Waals surface area contributed by atoms with E-state index in [4.69, 9.17) is 0 Å². The lowest BCUT2D eigenvalue weighted by Gasteiger charge is -2.13. The largest absolute Gasteiger partial charge is 0.507 e. The third kappa shape index (κ3) is 23.3. The monoisotopic (exact) mass is 705 g/mol. The number of hydrogen-bond acceptors (Lipinski definition) is 2. The molecule has 2 aromatic carbocycles. The van der Waals surface area contributed by atoms with Crippen LogP contribution in [0.15, 0.2) is 36.4 Å². The first-order chi connectivity index (χ1) is 25.2. The van der Waals surface area contributed by atoms with Gasteiger partial charge in [0, 0.05) is 6.42 Å². The van der Waals surface area contributed by atoms with E-state index in [1.54, 1.807) is 0 Å². The fourth-order valence-electron chi connectivity index (χ4n) is 7.91. The number of aromatic hydroxyl groups is 2. The SMILES string of the molecule is CCCCCCCCCCCCCCCCCCc1cccc(Cc2cccc(CCCCCCCCCCCCCCCCCC)c2O)c1O. The maximum atomic E-state index is 11.1. The Kier molecular flexibility index (Phi) is 29.0. The molecule has 292 valence electrons. The maximum Gasteiger partial charge on any atom is 0.122 e. The van der Waals surface area contributed by atoms with Crippen molar-refractivity contribution in [2.45, 2.75) is 239 Å². The van der Waals surface area contributed by atoms with Crippen LogP contribution in [0.2, 0.25) is 0 Å². The fourth-order valence-corrected chi connectivity index (χ4v) is 7.91. The van der Waals surface area contributed by atoms with Gasteiger partial charge < -0.3 is 10.2 Å². The Morgan fingerprint density at radius 3 is 0.765 bits per heavy atom. The molecular weight excluding hydrogens is 621 g/mol. The molecule has 0 aliphatic rings. The molecular formula is C49H84O2. The van der Waals surface area contributed by atoms with E-state index in [0.29, 0.717) is 17.9 Å². The maximum absolute atomic E-state index is 11.1. The Bertz CT molecular complexity index is 975. The van der Waals surface area contributed by atoms with Gasteiger partial charge in [-0.1, -0.05) is 243 Å². The summed E-state index contributed by atoms with van der Waals surface area (Å²) in [5.41, 5.74) is 3.97. The summed E-state index contributed by atoms with van der Waals surface area (Å²) in [4.78, 5) is 0. The summed E-state index contributed by atoms with van der Waals surface area (Å²) < 4.78 is 0. The summed E-state index contributed by atoms with van der Waals surface area (Å²) >= 11 is 0. The van der Waals surface area contributed by atoms with E-state index in [0.717, 1.165) is 47.9 Å². The van der Waals surface area contributed by atoms with Crippen molar-refractivity contribution in [1.29, 1.82) is 0 Å². The van der Waals surface area contributed by atoms with E-state index in [1.165, 1.54) is 193 Å². The lowest BCUT2D eigenvalue weighted by molar-refractivity contribution is 0.453. The first-order valence-corrected chi connectivity index (χ1v) is 22.8.